The van der Waals surface area contributed by atoms with E-state index in [-0.39, 0.29) is 25.0 Å². The Labute approximate surface area is 182 Å². The first-order valence-electron chi connectivity index (χ1n) is 10.9. The van der Waals surface area contributed by atoms with E-state index in [0.717, 1.165) is 38.8 Å². The summed E-state index contributed by atoms with van der Waals surface area (Å²) in [7, 11) is 0. The number of carboxylic acids is 1. The molecule has 3 amide bonds. The predicted octanol–water partition coefficient (Wildman–Crippen LogP) is 0.486. The first-order chi connectivity index (χ1) is 14.9. The molecular weight excluding hydrogens is 404 g/mol. The Morgan fingerprint density at radius 3 is 2.65 bits per heavy atom. The van der Waals surface area contributed by atoms with Crippen LogP contribution in [-0.4, -0.2) is 79.3 Å². The third-order valence-corrected chi connectivity index (χ3v) is 5.77. The normalized spacial score (nSPS) is 20.4. The van der Waals surface area contributed by atoms with E-state index in [0.29, 0.717) is 31.8 Å². The summed E-state index contributed by atoms with van der Waals surface area (Å²) in [5.74, 6) is -1.34. The molecule has 0 radical (unpaired) electrons. The number of carbonyl (C=O) groups is 4. The van der Waals surface area contributed by atoms with Gasteiger partial charge in [-0.3, -0.25) is 9.59 Å². The van der Waals surface area contributed by atoms with Crippen LogP contribution in [0.4, 0.5) is 4.79 Å². The van der Waals surface area contributed by atoms with Crippen molar-refractivity contribution >= 4 is 23.9 Å². The first kappa shape index (κ1) is 24.6. The van der Waals surface area contributed by atoms with E-state index in [2.05, 4.69) is 22.5 Å². The molecule has 0 saturated carbocycles. The lowest BCUT2D eigenvalue weighted by Crippen LogP contribution is -2.51. The quantitative estimate of drug-likeness (QED) is 0.364. The maximum Gasteiger partial charge on any atom is 0.408 e. The second kappa shape index (κ2) is 12.9. The Kier molecular flexibility index (Phi) is 10.3. The van der Waals surface area contributed by atoms with Gasteiger partial charge in [-0.25, -0.2) is 9.59 Å². The molecule has 4 N–H and O–H groups in total. The second-order valence-corrected chi connectivity index (χ2v) is 8.08. The van der Waals surface area contributed by atoms with Gasteiger partial charge in [0.15, 0.2) is 0 Å². The minimum atomic E-state index is -1.31. The molecule has 2 fully saturated rings. The van der Waals surface area contributed by atoms with Crippen LogP contribution in [0, 0.1) is 11.8 Å². The summed E-state index contributed by atoms with van der Waals surface area (Å²) >= 11 is 0. The van der Waals surface area contributed by atoms with E-state index in [1.807, 2.05) is 0 Å². The van der Waals surface area contributed by atoms with Crippen molar-refractivity contribution in [2.24, 2.45) is 11.8 Å². The molecule has 31 heavy (non-hydrogen) atoms. The van der Waals surface area contributed by atoms with Crippen LogP contribution in [0.3, 0.4) is 0 Å². The van der Waals surface area contributed by atoms with Crippen LogP contribution in [0.5, 0.6) is 0 Å². The summed E-state index contributed by atoms with van der Waals surface area (Å²) in [5.41, 5.74) is 0. The van der Waals surface area contributed by atoms with Crippen LogP contribution in [-0.2, 0) is 19.1 Å². The van der Waals surface area contributed by atoms with Gasteiger partial charge in [0.2, 0.25) is 11.8 Å². The maximum absolute atomic E-state index is 12.6. The van der Waals surface area contributed by atoms with Gasteiger partial charge in [0.1, 0.15) is 12.6 Å². The highest BCUT2D eigenvalue weighted by atomic mass is 16.5. The Morgan fingerprint density at radius 2 is 1.97 bits per heavy atom. The number of hydrogen-bond acceptors (Lipinski definition) is 6. The molecule has 2 heterocycles. The van der Waals surface area contributed by atoms with Crippen molar-refractivity contribution in [3.8, 4) is 0 Å². The number of amides is 3. The number of hydrogen-bond donors (Lipinski definition) is 4. The average molecular weight is 439 g/mol. The molecule has 2 aliphatic heterocycles. The molecular formula is C21H34N4O6. The number of ether oxygens (including phenoxy) is 1. The topological polar surface area (TPSA) is 137 Å². The van der Waals surface area contributed by atoms with Crippen molar-refractivity contribution in [1.82, 2.24) is 20.9 Å². The van der Waals surface area contributed by atoms with Gasteiger partial charge >= 0.3 is 12.1 Å². The Bertz CT molecular complexity index is 650. The number of likely N-dealkylation sites (tertiary alicyclic amines) is 1. The third-order valence-electron chi connectivity index (χ3n) is 5.77. The smallest absolute Gasteiger partial charge is 0.408 e. The van der Waals surface area contributed by atoms with Gasteiger partial charge in [0.05, 0.1) is 5.92 Å². The molecule has 0 aromatic rings. The van der Waals surface area contributed by atoms with Gasteiger partial charge in [-0.2, -0.15) is 0 Å². The molecule has 0 aliphatic carbocycles. The first-order valence-corrected chi connectivity index (χ1v) is 10.9. The molecule has 0 aromatic carbocycles. The van der Waals surface area contributed by atoms with Crippen molar-refractivity contribution in [1.29, 1.82) is 0 Å². The second-order valence-electron chi connectivity index (χ2n) is 8.08. The number of nitrogens with zero attached hydrogens (tertiary/aromatic N) is 1. The Morgan fingerprint density at radius 1 is 1.23 bits per heavy atom. The van der Waals surface area contributed by atoms with Gasteiger partial charge in [-0.05, 0) is 51.1 Å². The van der Waals surface area contributed by atoms with E-state index < -0.39 is 24.0 Å². The SMILES string of the molecule is C=CCOC(=O)N[C@H](CNC(=O)[C@@H]1CCCN(C(=O)CCC2CCNCC2)C1)C(=O)O. The number of aliphatic carboxylic acids is 1. The summed E-state index contributed by atoms with van der Waals surface area (Å²) in [6.07, 6.45) is 5.39. The standard InChI is InChI=1S/C21H34N4O6/c1-2-12-31-21(30)24-17(20(28)29)13-23-19(27)16-4-3-11-25(14-16)18(26)6-5-15-7-9-22-10-8-15/h2,15-17,22H,1,3-14H2,(H,23,27)(H,24,30)(H,28,29)/t16-,17-/m1/s1. The highest BCUT2D eigenvalue weighted by molar-refractivity contribution is 5.83. The maximum atomic E-state index is 12.6. The van der Waals surface area contributed by atoms with Gasteiger partial charge in [-0.15, -0.1) is 0 Å². The molecule has 10 nitrogen and oxygen atoms in total. The number of alkyl carbamates (subject to hydrolysis) is 1. The van der Waals surface area contributed by atoms with Gasteiger partial charge in [0, 0.05) is 26.1 Å². The Balaban J connectivity index is 1.77. The summed E-state index contributed by atoms with van der Waals surface area (Å²) < 4.78 is 4.71. The summed E-state index contributed by atoms with van der Waals surface area (Å²) in [4.78, 5) is 49.8. The zero-order valence-electron chi connectivity index (χ0n) is 17.9. The molecule has 2 saturated heterocycles. The molecule has 0 aromatic heterocycles. The minimum absolute atomic E-state index is 0.0475. The lowest BCUT2D eigenvalue weighted by atomic mass is 9.92. The van der Waals surface area contributed by atoms with Gasteiger partial charge in [0.25, 0.3) is 0 Å². The number of nitrogens with one attached hydrogen (secondary N) is 3. The molecule has 0 bridgehead atoms. The van der Waals surface area contributed by atoms with E-state index in [1.165, 1.54) is 6.08 Å². The van der Waals surface area contributed by atoms with Crippen molar-refractivity contribution in [3.63, 3.8) is 0 Å². The summed E-state index contributed by atoms with van der Waals surface area (Å²) in [6, 6.07) is -1.31. The number of carboxylic acid groups (broad SMARTS) is 1. The predicted molar refractivity (Wildman–Crippen MR) is 113 cm³/mol. The molecule has 2 atom stereocenters. The van der Waals surface area contributed by atoms with Gasteiger partial charge in [-0.1, -0.05) is 12.7 Å². The molecule has 174 valence electrons. The van der Waals surface area contributed by atoms with Crippen LogP contribution >= 0.6 is 0 Å². The fourth-order valence-corrected chi connectivity index (χ4v) is 3.94. The van der Waals surface area contributed by atoms with Crippen LogP contribution in [0.15, 0.2) is 12.7 Å². The third kappa shape index (κ3) is 8.56. The minimum Gasteiger partial charge on any atom is -0.480 e. The highest BCUT2D eigenvalue weighted by Gasteiger charge is 2.30. The van der Waals surface area contributed by atoms with Crippen molar-refractivity contribution in [2.75, 3.05) is 39.3 Å². The number of carbonyl (C=O) groups excluding carboxylic acids is 3. The van der Waals surface area contributed by atoms with E-state index in [9.17, 15) is 24.3 Å². The number of piperidine rings is 2. The van der Waals surface area contributed by atoms with E-state index in [4.69, 9.17) is 4.74 Å². The molecule has 10 heteroatoms. The van der Waals surface area contributed by atoms with Crippen LogP contribution in [0.25, 0.3) is 0 Å². The zero-order chi connectivity index (χ0) is 22.6. The van der Waals surface area contributed by atoms with Crippen LogP contribution in [0.1, 0.15) is 38.5 Å². The summed E-state index contributed by atoms with van der Waals surface area (Å²) in [5, 5.41) is 17.3. The average Bonchev–Trinajstić information content (AvgIpc) is 2.79. The van der Waals surface area contributed by atoms with Crippen molar-refractivity contribution < 1.29 is 29.0 Å². The monoisotopic (exact) mass is 438 g/mol. The lowest BCUT2D eigenvalue weighted by Gasteiger charge is -2.33. The van der Waals surface area contributed by atoms with Gasteiger partial charge < -0.3 is 30.7 Å². The summed E-state index contributed by atoms with van der Waals surface area (Å²) in [6.45, 7) is 6.07. The fraction of sp³-hybridized carbons (Fsp3) is 0.714. The molecule has 2 rings (SSSR count). The lowest BCUT2D eigenvalue weighted by molar-refractivity contribution is -0.139. The van der Waals surface area contributed by atoms with E-state index in [1.54, 1.807) is 4.90 Å². The van der Waals surface area contributed by atoms with Crippen LogP contribution in [0.2, 0.25) is 0 Å². The largest absolute Gasteiger partial charge is 0.480 e. The zero-order valence-corrected chi connectivity index (χ0v) is 17.9. The van der Waals surface area contributed by atoms with E-state index >= 15 is 0 Å². The Hall–Kier alpha value is -2.62. The van der Waals surface area contributed by atoms with Crippen LogP contribution < -0.4 is 16.0 Å². The van der Waals surface area contributed by atoms with Crippen molar-refractivity contribution in [2.45, 2.75) is 44.6 Å². The highest BCUT2D eigenvalue weighted by Crippen LogP contribution is 2.21. The molecule has 2 aliphatic rings. The molecule has 0 spiro atoms. The molecule has 0 unspecified atom stereocenters. The van der Waals surface area contributed by atoms with Crippen molar-refractivity contribution in [3.05, 3.63) is 12.7 Å². The number of rotatable bonds is 10. The fourth-order valence-electron chi connectivity index (χ4n) is 3.94.